The number of nitrogens with one attached hydrogen (secondary N) is 2. The van der Waals surface area contributed by atoms with Gasteiger partial charge >= 0.3 is 0 Å². The standard InChI is InChI=1S/C17H25N3O5/c1-25-15-5-3-2-4-12(15)9-20-7-6-18-17(24)14(20)8-16(23)19-13(10-21)11-22/h2-5,13-14,21-22H,6-11H2,1H3,(H,18,24)(H,19,23). The van der Waals surface area contributed by atoms with Gasteiger partial charge in [-0.3, -0.25) is 14.5 Å². The van der Waals surface area contributed by atoms with Crippen LogP contribution in [0.25, 0.3) is 0 Å². The molecule has 1 aromatic rings. The van der Waals surface area contributed by atoms with Gasteiger partial charge in [0.2, 0.25) is 11.8 Å². The Morgan fingerprint density at radius 1 is 1.40 bits per heavy atom. The summed E-state index contributed by atoms with van der Waals surface area (Å²) in [6.45, 7) is 0.903. The molecule has 8 heteroatoms. The molecular formula is C17H25N3O5. The van der Waals surface area contributed by atoms with E-state index < -0.39 is 12.1 Å². The van der Waals surface area contributed by atoms with Gasteiger partial charge in [-0.1, -0.05) is 18.2 Å². The van der Waals surface area contributed by atoms with Gasteiger partial charge in [0.25, 0.3) is 0 Å². The molecular weight excluding hydrogens is 326 g/mol. The number of ether oxygens (including phenoxy) is 1. The summed E-state index contributed by atoms with van der Waals surface area (Å²) in [5, 5.41) is 23.4. The number of aliphatic hydroxyl groups is 2. The maximum Gasteiger partial charge on any atom is 0.237 e. The molecule has 1 heterocycles. The van der Waals surface area contributed by atoms with Crippen molar-refractivity contribution in [2.24, 2.45) is 0 Å². The number of amides is 2. The molecule has 25 heavy (non-hydrogen) atoms. The van der Waals surface area contributed by atoms with E-state index in [2.05, 4.69) is 10.6 Å². The van der Waals surface area contributed by atoms with Crippen molar-refractivity contribution >= 4 is 11.8 Å². The lowest BCUT2D eigenvalue weighted by molar-refractivity contribution is -0.134. The number of aliphatic hydroxyl groups excluding tert-OH is 2. The van der Waals surface area contributed by atoms with E-state index >= 15 is 0 Å². The van der Waals surface area contributed by atoms with Crippen molar-refractivity contribution in [3.8, 4) is 5.75 Å². The van der Waals surface area contributed by atoms with Crippen molar-refractivity contribution < 1.29 is 24.5 Å². The molecule has 1 fully saturated rings. The van der Waals surface area contributed by atoms with Crippen molar-refractivity contribution in [3.63, 3.8) is 0 Å². The molecule has 0 bridgehead atoms. The fourth-order valence-corrected chi connectivity index (χ4v) is 2.84. The number of carbonyl (C=O) groups is 2. The van der Waals surface area contributed by atoms with Crippen LogP contribution in [0.4, 0.5) is 0 Å². The molecule has 1 atom stereocenters. The summed E-state index contributed by atoms with van der Waals surface area (Å²) < 4.78 is 5.35. The van der Waals surface area contributed by atoms with Crippen LogP contribution in [0.2, 0.25) is 0 Å². The van der Waals surface area contributed by atoms with Crippen LogP contribution in [0.15, 0.2) is 24.3 Å². The zero-order chi connectivity index (χ0) is 18.2. The van der Waals surface area contributed by atoms with Gasteiger partial charge in [-0.25, -0.2) is 0 Å². The smallest absolute Gasteiger partial charge is 0.237 e. The van der Waals surface area contributed by atoms with Gasteiger partial charge in [0, 0.05) is 25.2 Å². The molecule has 2 rings (SSSR count). The molecule has 138 valence electrons. The van der Waals surface area contributed by atoms with Crippen molar-refractivity contribution in [2.75, 3.05) is 33.4 Å². The van der Waals surface area contributed by atoms with E-state index in [1.165, 1.54) is 0 Å². The zero-order valence-corrected chi connectivity index (χ0v) is 14.3. The third-order valence-electron chi connectivity index (χ3n) is 4.19. The number of carbonyl (C=O) groups excluding carboxylic acids is 2. The predicted octanol–water partition coefficient (Wildman–Crippen LogP) is -1.14. The van der Waals surface area contributed by atoms with Crippen LogP contribution in [0.1, 0.15) is 12.0 Å². The summed E-state index contributed by atoms with van der Waals surface area (Å²) in [7, 11) is 1.59. The molecule has 8 nitrogen and oxygen atoms in total. The first-order chi connectivity index (χ1) is 12.1. The molecule has 1 saturated heterocycles. The summed E-state index contributed by atoms with van der Waals surface area (Å²) >= 11 is 0. The highest BCUT2D eigenvalue weighted by molar-refractivity contribution is 5.88. The van der Waals surface area contributed by atoms with E-state index in [0.717, 1.165) is 11.3 Å². The minimum Gasteiger partial charge on any atom is -0.496 e. The third kappa shape index (κ3) is 5.15. The molecule has 1 unspecified atom stereocenters. The summed E-state index contributed by atoms with van der Waals surface area (Å²) in [4.78, 5) is 26.3. The van der Waals surface area contributed by atoms with Crippen LogP contribution in [0, 0.1) is 0 Å². The van der Waals surface area contributed by atoms with Gasteiger partial charge in [-0.05, 0) is 6.07 Å². The van der Waals surface area contributed by atoms with Gasteiger partial charge in [0.05, 0.1) is 38.8 Å². The lowest BCUT2D eigenvalue weighted by Crippen LogP contribution is -2.56. The van der Waals surface area contributed by atoms with Crippen LogP contribution in [-0.2, 0) is 16.1 Å². The number of nitrogens with zero attached hydrogens (tertiary/aromatic N) is 1. The Morgan fingerprint density at radius 3 is 2.80 bits per heavy atom. The Labute approximate surface area is 146 Å². The van der Waals surface area contributed by atoms with Crippen molar-refractivity contribution in [3.05, 3.63) is 29.8 Å². The lowest BCUT2D eigenvalue weighted by atomic mass is 10.1. The van der Waals surface area contributed by atoms with E-state index in [9.17, 15) is 9.59 Å². The Bertz CT molecular complexity index is 591. The van der Waals surface area contributed by atoms with E-state index in [-0.39, 0.29) is 31.4 Å². The van der Waals surface area contributed by atoms with Crippen LogP contribution in [0.3, 0.4) is 0 Å². The van der Waals surface area contributed by atoms with Gasteiger partial charge in [-0.15, -0.1) is 0 Å². The fraction of sp³-hybridized carbons (Fsp3) is 0.529. The predicted molar refractivity (Wildman–Crippen MR) is 90.9 cm³/mol. The number of piperazine rings is 1. The van der Waals surface area contributed by atoms with Crippen LogP contribution >= 0.6 is 0 Å². The second kappa shape index (κ2) is 9.36. The molecule has 2 amide bonds. The maximum atomic E-state index is 12.2. The molecule has 4 N–H and O–H groups in total. The topological polar surface area (TPSA) is 111 Å². The summed E-state index contributed by atoms with van der Waals surface area (Å²) in [6.07, 6.45) is -0.0442. The van der Waals surface area contributed by atoms with Crippen molar-refractivity contribution in [1.29, 1.82) is 0 Å². The normalized spacial score (nSPS) is 18.1. The molecule has 0 saturated carbocycles. The molecule has 1 aliphatic heterocycles. The molecule has 0 aromatic heterocycles. The number of methoxy groups -OCH3 is 1. The first-order valence-electron chi connectivity index (χ1n) is 8.23. The maximum absolute atomic E-state index is 12.2. The number of hydrogen-bond donors (Lipinski definition) is 4. The highest BCUT2D eigenvalue weighted by atomic mass is 16.5. The number of benzene rings is 1. The molecule has 0 aliphatic carbocycles. The third-order valence-corrected chi connectivity index (χ3v) is 4.19. The second-order valence-electron chi connectivity index (χ2n) is 5.92. The SMILES string of the molecule is COc1ccccc1CN1CCNC(=O)C1CC(=O)NC(CO)CO. The van der Waals surface area contributed by atoms with Gasteiger partial charge in [-0.2, -0.15) is 0 Å². The van der Waals surface area contributed by atoms with Gasteiger partial charge in [0.15, 0.2) is 0 Å². The highest BCUT2D eigenvalue weighted by Gasteiger charge is 2.32. The monoisotopic (exact) mass is 351 g/mol. The number of hydrogen-bond acceptors (Lipinski definition) is 6. The van der Waals surface area contributed by atoms with E-state index in [1.54, 1.807) is 7.11 Å². The van der Waals surface area contributed by atoms with E-state index in [0.29, 0.717) is 19.6 Å². The average molecular weight is 351 g/mol. The minimum absolute atomic E-state index is 0.0442. The Kier molecular flexibility index (Phi) is 7.17. The largest absolute Gasteiger partial charge is 0.496 e. The summed E-state index contributed by atoms with van der Waals surface area (Å²) in [5.41, 5.74) is 0.939. The zero-order valence-electron chi connectivity index (χ0n) is 14.3. The molecule has 0 spiro atoms. The minimum atomic E-state index is -0.721. The van der Waals surface area contributed by atoms with E-state index in [4.69, 9.17) is 14.9 Å². The fourth-order valence-electron chi connectivity index (χ4n) is 2.84. The lowest BCUT2D eigenvalue weighted by Gasteiger charge is -2.35. The van der Waals surface area contributed by atoms with Crippen LogP contribution in [-0.4, -0.2) is 72.4 Å². The average Bonchev–Trinajstić information content (AvgIpc) is 2.63. The Balaban J connectivity index is 2.07. The number of para-hydroxylation sites is 1. The number of rotatable bonds is 8. The van der Waals surface area contributed by atoms with Gasteiger partial charge in [0.1, 0.15) is 5.75 Å². The van der Waals surface area contributed by atoms with Gasteiger partial charge < -0.3 is 25.6 Å². The highest BCUT2D eigenvalue weighted by Crippen LogP contribution is 2.21. The van der Waals surface area contributed by atoms with Crippen molar-refractivity contribution in [1.82, 2.24) is 15.5 Å². The molecule has 1 aliphatic rings. The first kappa shape index (κ1) is 19.2. The molecule has 1 aromatic carbocycles. The summed E-state index contributed by atoms with van der Waals surface area (Å²) in [6, 6.07) is 6.22. The van der Waals surface area contributed by atoms with E-state index in [1.807, 2.05) is 29.2 Å². The molecule has 0 radical (unpaired) electrons. The summed E-state index contributed by atoms with van der Waals surface area (Å²) in [5.74, 6) is 0.137. The Morgan fingerprint density at radius 2 is 2.12 bits per heavy atom. The van der Waals surface area contributed by atoms with Crippen molar-refractivity contribution in [2.45, 2.75) is 25.0 Å². The van der Waals surface area contributed by atoms with Crippen LogP contribution < -0.4 is 15.4 Å². The first-order valence-corrected chi connectivity index (χ1v) is 8.23. The second-order valence-corrected chi connectivity index (χ2v) is 5.92. The van der Waals surface area contributed by atoms with Crippen LogP contribution in [0.5, 0.6) is 5.75 Å². The Hall–Kier alpha value is -2.16. The quantitative estimate of drug-likeness (QED) is 0.471.